The fourth-order valence-electron chi connectivity index (χ4n) is 6.24. The third-order valence-corrected chi connectivity index (χ3v) is 8.43. The van der Waals surface area contributed by atoms with Gasteiger partial charge in [-0.15, -0.1) is 0 Å². The first-order valence-electron chi connectivity index (χ1n) is 15.2. The van der Waals surface area contributed by atoms with Crippen LogP contribution in [0.5, 0.6) is 0 Å². The van der Waals surface area contributed by atoms with E-state index in [0.29, 0.717) is 11.8 Å². The van der Waals surface area contributed by atoms with Crippen LogP contribution in [0.4, 0.5) is 0 Å². The van der Waals surface area contributed by atoms with Crippen LogP contribution >= 0.6 is 0 Å². The monoisotopic (exact) mass is 560 g/mol. The molecule has 0 N–H and O–H groups in total. The zero-order valence-corrected chi connectivity index (χ0v) is 25.2. The van der Waals surface area contributed by atoms with Crippen molar-refractivity contribution in [1.82, 2.24) is 9.55 Å². The lowest BCUT2D eigenvalue weighted by Gasteiger charge is -2.24. The normalized spacial score (nSPS) is 11.8. The van der Waals surface area contributed by atoms with E-state index >= 15 is 0 Å². The minimum atomic E-state index is 0.309. The van der Waals surface area contributed by atoms with Crippen LogP contribution in [0.2, 0.25) is 0 Å². The fourth-order valence-corrected chi connectivity index (χ4v) is 6.24. The molecule has 0 unspecified atom stereocenters. The number of furan rings is 1. The van der Waals surface area contributed by atoms with Gasteiger partial charge in [-0.1, -0.05) is 107 Å². The van der Waals surface area contributed by atoms with E-state index in [1.54, 1.807) is 0 Å². The fraction of sp³-hybridized carbons (Fsp3) is 0.175. The lowest BCUT2D eigenvalue weighted by molar-refractivity contribution is 0.616. The minimum Gasteiger partial charge on any atom is -0.464 e. The van der Waals surface area contributed by atoms with Crippen molar-refractivity contribution >= 4 is 22.0 Å². The van der Waals surface area contributed by atoms with E-state index < -0.39 is 0 Å². The molecule has 3 heteroatoms. The maximum atomic E-state index is 6.17. The van der Waals surface area contributed by atoms with Crippen LogP contribution in [0.25, 0.3) is 50.2 Å². The van der Waals surface area contributed by atoms with Crippen LogP contribution in [0.3, 0.4) is 0 Å². The lowest BCUT2D eigenvalue weighted by Crippen LogP contribution is -2.09. The second-order valence-electron chi connectivity index (χ2n) is 12.1. The first-order chi connectivity index (χ1) is 21.0. The van der Waals surface area contributed by atoms with Crippen molar-refractivity contribution in [3.05, 3.63) is 144 Å². The Bertz CT molecular complexity index is 2020. The van der Waals surface area contributed by atoms with Crippen molar-refractivity contribution in [2.75, 3.05) is 0 Å². The summed E-state index contributed by atoms with van der Waals surface area (Å²) in [5.74, 6) is 1.53. The summed E-state index contributed by atoms with van der Waals surface area (Å²) in [5, 5.41) is 1.09. The predicted octanol–water partition coefficient (Wildman–Crippen LogP) is 10.9. The summed E-state index contributed by atoms with van der Waals surface area (Å²) in [6.45, 7) is 9.17. The highest BCUT2D eigenvalue weighted by atomic mass is 16.3. The second-order valence-corrected chi connectivity index (χ2v) is 12.1. The predicted molar refractivity (Wildman–Crippen MR) is 179 cm³/mol. The van der Waals surface area contributed by atoms with Crippen molar-refractivity contribution in [3.8, 4) is 28.2 Å². The smallest absolute Gasteiger partial charge is 0.149 e. The Morgan fingerprint density at radius 1 is 0.651 bits per heavy atom. The number of rotatable bonds is 7. The summed E-state index contributed by atoms with van der Waals surface area (Å²) >= 11 is 0. The summed E-state index contributed by atoms with van der Waals surface area (Å²) in [4.78, 5) is 5.28. The number of para-hydroxylation sites is 2. The highest BCUT2D eigenvalue weighted by Crippen LogP contribution is 2.41. The van der Waals surface area contributed by atoms with Gasteiger partial charge in [0.25, 0.3) is 0 Å². The molecule has 43 heavy (non-hydrogen) atoms. The Hall–Kier alpha value is -4.89. The molecule has 212 valence electrons. The molecule has 7 rings (SSSR count). The quantitative estimate of drug-likeness (QED) is 0.194. The van der Waals surface area contributed by atoms with Crippen molar-refractivity contribution < 1.29 is 4.42 Å². The number of hydrogen-bond acceptors (Lipinski definition) is 2. The van der Waals surface area contributed by atoms with Crippen molar-refractivity contribution in [2.24, 2.45) is 0 Å². The zero-order valence-electron chi connectivity index (χ0n) is 25.2. The van der Waals surface area contributed by atoms with Gasteiger partial charge in [-0.25, -0.2) is 4.98 Å². The molecule has 0 aliphatic heterocycles. The van der Waals surface area contributed by atoms with Gasteiger partial charge in [-0.3, -0.25) is 4.57 Å². The Morgan fingerprint density at radius 2 is 1.30 bits per heavy atom. The molecule has 0 atom stereocenters. The largest absolute Gasteiger partial charge is 0.464 e. The zero-order chi connectivity index (χ0) is 29.5. The first-order valence-corrected chi connectivity index (χ1v) is 15.2. The van der Waals surface area contributed by atoms with Gasteiger partial charge in [0.2, 0.25) is 0 Å². The van der Waals surface area contributed by atoms with E-state index in [2.05, 4.69) is 148 Å². The van der Waals surface area contributed by atoms with E-state index in [1.165, 1.54) is 39.1 Å². The van der Waals surface area contributed by atoms with Crippen molar-refractivity contribution in [3.63, 3.8) is 0 Å². The van der Waals surface area contributed by atoms with Crippen LogP contribution in [0, 0.1) is 0 Å². The number of hydrogen-bond donors (Lipinski definition) is 0. The van der Waals surface area contributed by atoms with Gasteiger partial charge in [-0.05, 0) is 88.0 Å². The van der Waals surface area contributed by atoms with E-state index in [1.807, 2.05) is 6.26 Å². The standard InChI is InChI=1S/C40H36N2O/c1-26(2)32-23-31(30-15-9-6-10-16-30)24-33(27(3)4)39(32)42-37-18-12-11-17-36(37)41-40(42)35-25-43-38-20-19-29(22-34(35)38)21-28-13-7-5-8-14-28/h5-20,22-27H,21H2,1-4H3. The van der Waals surface area contributed by atoms with E-state index in [-0.39, 0.29) is 0 Å². The summed E-state index contributed by atoms with van der Waals surface area (Å²) in [5.41, 5.74) is 12.8. The molecule has 2 heterocycles. The Kier molecular flexibility index (Phi) is 6.95. The van der Waals surface area contributed by atoms with E-state index in [4.69, 9.17) is 9.40 Å². The number of nitrogens with zero attached hydrogens (tertiary/aromatic N) is 2. The molecule has 0 saturated carbocycles. The summed E-state index contributed by atoms with van der Waals surface area (Å²) in [6.07, 6.45) is 2.75. The molecular formula is C40H36N2O. The molecule has 5 aromatic carbocycles. The lowest BCUT2D eigenvalue weighted by atomic mass is 9.88. The van der Waals surface area contributed by atoms with E-state index in [0.717, 1.165) is 39.8 Å². The highest BCUT2D eigenvalue weighted by Gasteiger charge is 2.25. The van der Waals surface area contributed by atoms with Crippen LogP contribution in [0.1, 0.15) is 61.8 Å². The number of imidazole rings is 1. The third-order valence-electron chi connectivity index (χ3n) is 8.43. The summed E-state index contributed by atoms with van der Waals surface area (Å²) in [6, 6.07) is 41.1. The van der Waals surface area contributed by atoms with Gasteiger partial charge in [0.15, 0.2) is 0 Å². The molecule has 2 aromatic heterocycles. The third kappa shape index (κ3) is 4.95. The highest BCUT2D eigenvalue weighted by molar-refractivity contribution is 5.96. The average molecular weight is 561 g/mol. The van der Waals surface area contributed by atoms with Gasteiger partial charge >= 0.3 is 0 Å². The summed E-state index contributed by atoms with van der Waals surface area (Å²) < 4.78 is 8.57. The van der Waals surface area contributed by atoms with E-state index in [9.17, 15) is 0 Å². The molecule has 0 spiro atoms. The molecule has 0 aliphatic rings. The average Bonchev–Trinajstić information content (AvgIpc) is 3.62. The maximum Gasteiger partial charge on any atom is 0.149 e. The van der Waals surface area contributed by atoms with Gasteiger partial charge in [0, 0.05) is 5.39 Å². The van der Waals surface area contributed by atoms with Gasteiger partial charge < -0.3 is 4.42 Å². The molecule has 3 nitrogen and oxygen atoms in total. The second kappa shape index (κ2) is 11.1. The Labute approximate surface area is 253 Å². The van der Waals surface area contributed by atoms with Crippen LogP contribution in [0.15, 0.2) is 126 Å². The van der Waals surface area contributed by atoms with Crippen LogP contribution in [-0.2, 0) is 6.42 Å². The topological polar surface area (TPSA) is 31.0 Å². The van der Waals surface area contributed by atoms with Crippen molar-refractivity contribution in [2.45, 2.75) is 46.0 Å². The molecular weight excluding hydrogens is 524 g/mol. The van der Waals surface area contributed by atoms with Crippen LogP contribution in [-0.4, -0.2) is 9.55 Å². The minimum absolute atomic E-state index is 0.309. The molecule has 0 saturated heterocycles. The number of aromatic nitrogens is 2. The molecule has 0 bridgehead atoms. The molecule has 7 aromatic rings. The number of benzene rings is 5. The molecule has 0 aliphatic carbocycles. The SMILES string of the molecule is CC(C)c1cc(-c2ccccc2)cc(C(C)C)c1-n1c(-c2coc3ccc(Cc4ccccc4)cc23)nc2ccccc21. The maximum absolute atomic E-state index is 6.17. The van der Waals surface area contributed by atoms with Gasteiger partial charge in [-0.2, -0.15) is 0 Å². The first kappa shape index (κ1) is 27.0. The molecule has 0 fully saturated rings. The number of fused-ring (bicyclic) bond motifs is 2. The van der Waals surface area contributed by atoms with Gasteiger partial charge in [0.1, 0.15) is 17.7 Å². The Balaban J connectivity index is 1.49. The van der Waals surface area contributed by atoms with Crippen LogP contribution < -0.4 is 0 Å². The molecule has 0 amide bonds. The van der Waals surface area contributed by atoms with Gasteiger partial charge in [0.05, 0.1) is 22.3 Å². The summed E-state index contributed by atoms with van der Waals surface area (Å²) in [7, 11) is 0. The van der Waals surface area contributed by atoms with Crippen molar-refractivity contribution in [1.29, 1.82) is 0 Å². The Morgan fingerprint density at radius 3 is 2.00 bits per heavy atom. The molecule has 0 radical (unpaired) electrons.